The van der Waals surface area contributed by atoms with Crippen LogP contribution < -0.4 is 0 Å². The van der Waals surface area contributed by atoms with Crippen LogP contribution in [0.2, 0.25) is 0 Å². The number of phenols is 1. The molecule has 1 aromatic heterocycles. The van der Waals surface area contributed by atoms with Gasteiger partial charge in [0.15, 0.2) is 0 Å². The number of hydrogen-bond acceptors (Lipinski definition) is 4. The van der Waals surface area contributed by atoms with Gasteiger partial charge < -0.3 is 9.84 Å². The van der Waals surface area contributed by atoms with Crippen molar-refractivity contribution in [2.75, 3.05) is 26.3 Å². The van der Waals surface area contributed by atoms with Gasteiger partial charge in [0.1, 0.15) is 5.75 Å². The summed E-state index contributed by atoms with van der Waals surface area (Å²) in [6.45, 7) is 3.09. The number of morpholine rings is 1. The van der Waals surface area contributed by atoms with Crippen LogP contribution in [0.5, 0.6) is 5.75 Å². The second kappa shape index (κ2) is 6.59. The number of rotatable bonds is 3. The van der Waals surface area contributed by atoms with Crippen molar-refractivity contribution >= 4 is 10.8 Å². The van der Waals surface area contributed by atoms with Gasteiger partial charge in [-0.05, 0) is 28.5 Å². The van der Waals surface area contributed by atoms with Crippen molar-refractivity contribution in [1.29, 1.82) is 0 Å². The van der Waals surface area contributed by atoms with Crippen LogP contribution in [-0.4, -0.2) is 41.3 Å². The first-order chi connectivity index (χ1) is 11.8. The molecule has 1 atom stereocenters. The van der Waals surface area contributed by atoms with Gasteiger partial charge in [-0.15, -0.1) is 0 Å². The smallest absolute Gasteiger partial charge is 0.121 e. The summed E-state index contributed by atoms with van der Waals surface area (Å²) in [6, 6.07) is 16.0. The maximum absolute atomic E-state index is 10.7. The third kappa shape index (κ3) is 2.75. The van der Waals surface area contributed by atoms with E-state index in [4.69, 9.17) is 4.74 Å². The molecule has 122 valence electrons. The first-order valence-corrected chi connectivity index (χ1v) is 8.27. The number of phenolic OH excluding ortho intramolecular Hbond substituents is 1. The molecule has 24 heavy (non-hydrogen) atoms. The Hall–Kier alpha value is -2.43. The van der Waals surface area contributed by atoms with Gasteiger partial charge in [0, 0.05) is 31.0 Å². The molecule has 1 fully saturated rings. The molecule has 0 radical (unpaired) electrons. The predicted octanol–water partition coefficient (Wildman–Crippen LogP) is 3.36. The van der Waals surface area contributed by atoms with E-state index in [0.717, 1.165) is 35.0 Å². The summed E-state index contributed by atoms with van der Waals surface area (Å²) in [4.78, 5) is 6.66. The van der Waals surface area contributed by atoms with Gasteiger partial charge in [-0.2, -0.15) is 0 Å². The molecule has 0 unspecified atom stereocenters. The zero-order valence-corrected chi connectivity index (χ0v) is 13.4. The predicted molar refractivity (Wildman–Crippen MR) is 94.1 cm³/mol. The Morgan fingerprint density at radius 1 is 1.00 bits per heavy atom. The summed E-state index contributed by atoms with van der Waals surface area (Å²) in [7, 11) is 0. The number of hydrogen-bond donors (Lipinski definition) is 1. The highest BCUT2D eigenvalue weighted by Gasteiger charge is 2.28. The summed E-state index contributed by atoms with van der Waals surface area (Å²) >= 11 is 0. The number of pyridine rings is 1. The third-order valence-electron chi connectivity index (χ3n) is 4.63. The zero-order chi connectivity index (χ0) is 16.4. The molecule has 0 bridgehead atoms. The summed E-state index contributed by atoms with van der Waals surface area (Å²) in [5, 5.41) is 12.9. The van der Waals surface area contributed by atoms with Crippen LogP contribution >= 0.6 is 0 Å². The molecule has 1 saturated heterocycles. The van der Waals surface area contributed by atoms with Gasteiger partial charge in [0.25, 0.3) is 0 Å². The van der Waals surface area contributed by atoms with Crippen molar-refractivity contribution in [3.63, 3.8) is 0 Å². The zero-order valence-electron chi connectivity index (χ0n) is 13.4. The molecular formula is C20H20N2O2. The van der Waals surface area contributed by atoms with Crippen LogP contribution in [0.15, 0.2) is 60.9 Å². The molecule has 4 heteroatoms. The highest BCUT2D eigenvalue weighted by atomic mass is 16.5. The van der Waals surface area contributed by atoms with Crippen molar-refractivity contribution in [1.82, 2.24) is 9.88 Å². The minimum Gasteiger partial charge on any atom is -0.508 e. The Morgan fingerprint density at radius 3 is 2.62 bits per heavy atom. The Balaban J connectivity index is 1.92. The van der Waals surface area contributed by atoms with Gasteiger partial charge >= 0.3 is 0 Å². The fourth-order valence-electron chi connectivity index (χ4n) is 3.50. The maximum Gasteiger partial charge on any atom is 0.121 e. The second-order valence-corrected chi connectivity index (χ2v) is 6.06. The first-order valence-electron chi connectivity index (χ1n) is 8.27. The van der Waals surface area contributed by atoms with Crippen LogP contribution in [0.25, 0.3) is 10.8 Å². The van der Waals surface area contributed by atoms with Gasteiger partial charge in [-0.3, -0.25) is 9.88 Å². The molecule has 2 heterocycles. The van der Waals surface area contributed by atoms with E-state index in [0.29, 0.717) is 19.0 Å². The fraction of sp³-hybridized carbons (Fsp3) is 0.250. The van der Waals surface area contributed by atoms with Crippen LogP contribution in [0, 0.1) is 0 Å². The lowest BCUT2D eigenvalue weighted by atomic mass is 9.92. The first kappa shape index (κ1) is 15.1. The molecule has 0 aliphatic carbocycles. The van der Waals surface area contributed by atoms with Gasteiger partial charge in [0.05, 0.1) is 19.3 Å². The van der Waals surface area contributed by atoms with E-state index in [2.05, 4.69) is 28.1 Å². The van der Waals surface area contributed by atoms with Crippen LogP contribution in [0.4, 0.5) is 0 Å². The lowest BCUT2D eigenvalue weighted by Gasteiger charge is -2.35. The summed E-state index contributed by atoms with van der Waals surface area (Å²) in [5.74, 6) is 0.328. The molecular weight excluding hydrogens is 300 g/mol. The van der Waals surface area contributed by atoms with E-state index in [1.807, 2.05) is 30.5 Å². The summed E-state index contributed by atoms with van der Waals surface area (Å²) in [6.07, 6.45) is 3.67. The highest BCUT2D eigenvalue weighted by molar-refractivity contribution is 5.88. The Labute approximate surface area is 141 Å². The molecule has 4 nitrogen and oxygen atoms in total. The maximum atomic E-state index is 10.7. The third-order valence-corrected chi connectivity index (χ3v) is 4.63. The van der Waals surface area contributed by atoms with E-state index in [9.17, 15) is 5.11 Å². The number of nitrogens with zero attached hydrogens (tertiary/aromatic N) is 2. The molecule has 1 N–H and O–H groups in total. The molecule has 0 saturated carbocycles. The summed E-state index contributed by atoms with van der Waals surface area (Å²) in [5.41, 5.74) is 2.04. The number of ether oxygens (including phenoxy) is 1. The lowest BCUT2D eigenvalue weighted by molar-refractivity contribution is 0.0237. The number of aromatic hydroxyl groups is 1. The Morgan fingerprint density at radius 2 is 1.83 bits per heavy atom. The average molecular weight is 320 g/mol. The van der Waals surface area contributed by atoms with Gasteiger partial charge in [-0.1, -0.05) is 36.4 Å². The topological polar surface area (TPSA) is 45.6 Å². The SMILES string of the molecule is Oc1ccc2ccccc2c1[C@@H](c1cccnc1)N1CCOCC1. The van der Waals surface area contributed by atoms with Crippen molar-refractivity contribution in [3.05, 3.63) is 72.1 Å². The van der Waals surface area contributed by atoms with Crippen LogP contribution in [0.3, 0.4) is 0 Å². The van der Waals surface area contributed by atoms with Crippen molar-refractivity contribution in [2.45, 2.75) is 6.04 Å². The normalized spacial score (nSPS) is 17.0. The van der Waals surface area contributed by atoms with Gasteiger partial charge in [0.2, 0.25) is 0 Å². The van der Waals surface area contributed by atoms with E-state index in [1.54, 1.807) is 12.3 Å². The van der Waals surface area contributed by atoms with E-state index in [-0.39, 0.29) is 6.04 Å². The molecule has 0 amide bonds. The number of fused-ring (bicyclic) bond motifs is 1. The van der Waals surface area contributed by atoms with E-state index < -0.39 is 0 Å². The molecule has 4 rings (SSSR count). The summed E-state index contributed by atoms with van der Waals surface area (Å²) < 4.78 is 5.52. The highest BCUT2D eigenvalue weighted by Crippen LogP contribution is 2.39. The quantitative estimate of drug-likeness (QED) is 0.804. The number of benzene rings is 2. The molecule has 1 aliphatic rings. The molecule has 0 spiro atoms. The van der Waals surface area contributed by atoms with Crippen molar-refractivity contribution in [3.8, 4) is 5.75 Å². The fourth-order valence-corrected chi connectivity index (χ4v) is 3.50. The monoisotopic (exact) mass is 320 g/mol. The molecule has 3 aromatic rings. The van der Waals surface area contributed by atoms with E-state index in [1.165, 1.54) is 0 Å². The Bertz CT molecular complexity index is 829. The van der Waals surface area contributed by atoms with E-state index >= 15 is 0 Å². The Kier molecular flexibility index (Phi) is 4.15. The second-order valence-electron chi connectivity index (χ2n) is 6.06. The standard InChI is InChI=1S/C20H20N2O2/c23-18-8-7-15-4-1-2-6-17(15)19(18)20(16-5-3-9-21-14-16)22-10-12-24-13-11-22/h1-9,14,20,23H,10-13H2/t20-/m1/s1. The van der Waals surface area contributed by atoms with Crippen molar-refractivity contribution < 1.29 is 9.84 Å². The van der Waals surface area contributed by atoms with Crippen LogP contribution in [-0.2, 0) is 4.74 Å². The van der Waals surface area contributed by atoms with Crippen LogP contribution in [0.1, 0.15) is 17.2 Å². The largest absolute Gasteiger partial charge is 0.508 e. The van der Waals surface area contributed by atoms with Gasteiger partial charge in [-0.25, -0.2) is 0 Å². The molecule has 2 aromatic carbocycles. The average Bonchev–Trinajstić information content (AvgIpc) is 2.66. The van der Waals surface area contributed by atoms with Crippen molar-refractivity contribution in [2.24, 2.45) is 0 Å². The number of aromatic nitrogens is 1. The minimum absolute atomic E-state index is 0.0336. The minimum atomic E-state index is -0.0336. The molecule has 1 aliphatic heterocycles. The lowest BCUT2D eigenvalue weighted by Crippen LogP contribution is -2.39.